The lowest BCUT2D eigenvalue weighted by Crippen LogP contribution is -2.41. The van der Waals surface area contributed by atoms with E-state index in [0.717, 1.165) is 25.7 Å². The molecular weight excluding hydrogens is 407 g/mol. The van der Waals surface area contributed by atoms with Crippen LogP contribution < -0.4 is 10.1 Å². The van der Waals surface area contributed by atoms with E-state index in [-0.39, 0.29) is 22.8 Å². The van der Waals surface area contributed by atoms with Crippen molar-refractivity contribution in [2.24, 2.45) is 5.92 Å². The second-order valence-corrected chi connectivity index (χ2v) is 8.38. The summed E-state index contributed by atoms with van der Waals surface area (Å²) in [5, 5.41) is 2.91. The van der Waals surface area contributed by atoms with E-state index in [1.54, 1.807) is 29.2 Å². The standard InChI is InChI=1S/C23H24ClFN2O3/c24-20-12-17(5-10-21(20)25)23(29)27-11-1-2-15(13-27)14-30-19-8-3-16(4-9-19)22(28)26-18-6-7-18/h3-5,8-10,12,15,18H,1-2,6-7,11,13-14H2,(H,26,28)/t15-/m1/s1. The van der Waals surface area contributed by atoms with Crippen molar-refractivity contribution in [3.05, 3.63) is 64.4 Å². The second kappa shape index (κ2) is 9.04. The number of ether oxygens (including phenoxy) is 1. The van der Waals surface area contributed by atoms with Crippen molar-refractivity contribution >= 4 is 23.4 Å². The maximum atomic E-state index is 13.4. The smallest absolute Gasteiger partial charge is 0.253 e. The van der Waals surface area contributed by atoms with Crippen molar-refractivity contribution in [1.82, 2.24) is 10.2 Å². The topological polar surface area (TPSA) is 58.6 Å². The number of likely N-dealkylation sites (tertiary alicyclic amines) is 1. The predicted molar refractivity (Wildman–Crippen MR) is 112 cm³/mol. The Kier molecular flexibility index (Phi) is 6.23. The molecule has 1 saturated heterocycles. The lowest BCUT2D eigenvalue weighted by Gasteiger charge is -2.32. The van der Waals surface area contributed by atoms with Gasteiger partial charge in [0.25, 0.3) is 11.8 Å². The summed E-state index contributed by atoms with van der Waals surface area (Å²) < 4.78 is 19.3. The number of carbonyl (C=O) groups excluding carboxylic acids is 2. The number of halogens is 2. The van der Waals surface area contributed by atoms with Crippen LogP contribution in [0.4, 0.5) is 4.39 Å². The molecule has 1 aliphatic carbocycles. The van der Waals surface area contributed by atoms with Gasteiger partial charge in [-0.25, -0.2) is 4.39 Å². The highest BCUT2D eigenvalue weighted by molar-refractivity contribution is 6.31. The predicted octanol–water partition coefficient (Wildman–Crippen LogP) is 4.30. The van der Waals surface area contributed by atoms with Gasteiger partial charge in [-0.15, -0.1) is 0 Å². The number of piperidine rings is 1. The molecule has 158 valence electrons. The van der Waals surface area contributed by atoms with Crippen molar-refractivity contribution in [2.75, 3.05) is 19.7 Å². The summed E-state index contributed by atoms with van der Waals surface area (Å²) in [7, 11) is 0. The van der Waals surface area contributed by atoms with Crippen LogP contribution in [-0.2, 0) is 0 Å². The van der Waals surface area contributed by atoms with Gasteiger partial charge in [-0.3, -0.25) is 9.59 Å². The van der Waals surface area contributed by atoms with Crippen LogP contribution >= 0.6 is 11.6 Å². The molecule has 2 aromatic carbocycles. The van der Waals surface area contributed by atoms with Crippen LogP contribution in [0.25, 0.3) is 0 Å². The van der Waals surface area contributed by atoms with Crippen LogP contribution in [0.15, 0.2) is 42.5 Å². The number of carbonyl (C=O) groups is 2. The van der Waals surface area contributed by atoms with Crippen LogP contribution in [0.5, 0.6) is 5.75 Å². The second-order valence-electron chi connectivity index (χ2n) is 7.97. The summed E-state index contributed by atoms with van der Waals surface area (Å²) >= 11 is 5.81. The zero-order valence-corrected chi connectivity index (χ0v) is 17.3. The van der Waals surface area contributed by atoms with Gasteiger partial charge in [0.1, 0.15) is 11.6 Å². The SMILES string of the molecule is O=C(NC1CC1)c1ccc(OC[C@@H]2CCCN(C(=O)c3ccc(F)c(Cl)c3)C2)cc1. The Morgan fingerprint density at radius 1 is 1.10 bits per heavy atom. The van der Waals surface area contributed by atoms with Crippen LogP contribution in [0, 0.1) is 11.7 Å². The largest absolute Gasteiger partial charge is 0.493 e. The van der Waals surface area contributed by atoms with Crippen LogP contribution in [0.2, 0.25) is 5.02 Å². The monoisotopic (exact) mass is 430 g/mol. The highest BCUT2D eigenvalue weighted by Crippen LogP contribution is 2.23. The molecule has 30 heavy (non-hydrogen) atoms. The van der Waals surface area contributed by atoms with Gasteiger partial charge in [-0.2, -0.15) is 0 Å². The van der Waals surface area contributed by atoms with Crippen LogP contribution in [-0.4, -0.2) is 42.5 Å². The zero-order valence-electron chi connectivity index (χ0n) is 16.6. The third-order valence-corrected chi connectivity index (χ3v) is 5.78. The number of nitrogens with one attached hydrogen (secondary N) is 1. The van der Waals surface area contributed by atoms with Crippen molar-refractivity contribution in [2.45, 2.75) is 31.7 Å². The lowest BCUT2D eigenvalue weighted by atomic mass is 9.98. The summed E-state index contributed by atoms with van der Waals surface area (Å²) in [4.78, 5) is 26.6. The van der Waals surface area contributed by atoms with Crippen LogP contribution in [0.1, 0.15) is 46.4 Å². The molecule has 4 rings (SSSR count). The maximum Gasteiger partial charge on any atom is 0.253 e. The fourth-order valence-electron chi connectivity index (χ4n) is 3.61. The molecule has 0 radical (unpaired) electrons. The average Bonchev–Trinajstić information content (AvgIpc) is 3.58. The van der Waals surface area contributed by atoms with Gasteiger partial charge in [0.15, 0.2) is 0 Å². The number of nitrogens with zero attached hydrogens (tertiary/aromatic N) is 1. The van der Waals surface area contributed by atoms with Crippen LogP contribution in [0.3, 0.4) is 0 Å². The molecule has 2 aromatic rings. The molecule has 0 aromatic heterocycles. The Labute approximate surface area is 180 Å². The van der Waals surface area contributed by atoms with E-state index < -0.39 is 5.82 Å². The van der Waals surface area contributed by atoms with Gasteiger partial charge in [0.05, 0.1) is 11.6 Å². The number of hydrogen-bond donors (Lipinski definition) is 1. The molecule has 1 saturated carbocycles. The van der Waals surface area contributed by atoms with E-state index in [2.05, 4.69) is 5.32 Å². The van der Waals surface area contributed by atoms with Gasteiger partial charge in [0, 0.05) is 36.2 Å². The molecule has 0 bridgehead atoms. The van der Waals surface area contributed by atoms with E-state index in [9.17, 15) is 14.0 Å². The lowest BCUT2D eigenvalue weighted by molar-refractivity contribution is 0.0633. The normalized spacial score (nSPS) is 18.7. The first-order valence-corrected chi connectivity index (χ1v) is 10.7. The summed E-state index contributed by atoms with van der Waals surface area (Å²) in [5.41, 5.74) is 1.02. The molecule has 1 heterocycles. The maximum absolute atomic E-state index is 13.4. The molecule has 2 aliphatic rings. The third-order valence-electron chi connectivity index (χ3n) is 5.49. The molecule has 1 N–H and O–H groups in total. The van der Waals surface area contributed by atoms with E-state index in [1.807, 2.05) is 0 Å². The van der Waals surface area contributed by atoms with Gasteiger partial charge < -0.3 is 15.0 Å². The van der Waals surface area contributed by atoms with E-state index in [4.69, 9.17) is 16.3 Å². The minimum atomic E-state index is -0.533. The Morgan fingerprint density at radius 3 is 2.53 bits per heavy atom. The van der Waals surface area contributed by atoms with E-state index >= 15 is 0 Å². The highest BCUT2D eigenvalue weighted by Gasteiger charge is 2.26. The quantitative estimate of drug-likeness (QED) is 0.743. The Morgan fingerprint density at radius 2 is 1.83 bits per heavy atom. The Balaban J connectivity index is 1.30. The highest BCUT2D eigenvalue weighted by atomic mass is 35.5. The summed E-state index contributed by atoms with van der Waals surface area (Å²) in [6.45, 7) is 1.73. The van der Waals surface area contributed by atoms with Crippen molar-refractivity contribution in [1.29, 1.82) is 0 Å². The number of hydrogen-bond acceptors (Lipinski definition) is 3. The van der Waals surface area contributed by atoms with Gasteiger partial charge >= 0.3 is 0 Å². The fourth-order valence-corrected chi connectivity index (χ4v) is 3.79. The summed E-state index contributed by atoms with van der Waals surface area (Å²) in [5.74, 6) is 0.177. The molecule has 2 fully saturated rings. The third kappa shape index (κ3) is 5.11. The summed E-state index contributed by atoms with van der Waals surface area (Å²) in [6, 6.07) is 11.5. The number of amides is 2. The van der Waals surface area contributed by atoms with Gasteiger partial charge in [-0.1, -0.05) is 11.6 Å². The summed E-state index contributed by atoms with van der Waals surface area (Å²) in [6.07, 6.45) is 3.97. The van der Waals surface area contributed by atoms with Crippen molar-refractivity contribution < 1.29 is 18.7 Å². The zero-order chi connectivity index (χ0) is 21.1. The Bertz CT molecular complexity index is 931. The first-order chi connectivity index (χ1) is 14.5. The molecule has 1 aliphatic heterocycles. The molecule has 2 amide bonds. The molecular formula is C23H24ClFN2O3. The van der Waals surface area contributed by atoms with E-state index in [0.29, 0.717) is 42.6 Å². The van der Waals surface area contributed by atoms with Crippen molar-refractivity contribution in [3.63, 3.8) is 0 Å². The first kappa shape index (κ1) is 20.7. The van der Waals surface area contributed by atoms with Gasteiger partial charge in [0.2, 0.25) is 0 Å². The minimum absolute atomic E-state index is 0.0491. The average molecular weight is 431 g/mol. The van der Waals surface area contributed by atoms with Gasteiger partial charge in [-0.05, 0) is 68.1 Å². The molecule has 5 nitrogen and oxygen atoms in total. The number of rotatable bonds is 6. The first-order valence-electron chi connectivity index (χ1n) is 10.3. The fraction of sp³-hybridized carbons (Fsp3) is 0.391. The molecule has 7 heteroatoms. The number of benzene rings is 2. The minimum Gasteiger partial charge on any atom is -0.493 e. The van der Waals surface area contributed by atoms with E-state index in [1.165, 1.54) is 18.2 Å². The van der Waals surface area contributed by atoms with Crippen molar-refractivity contribution in [3.8, 4) is 5.75 Å². The molecule has 1 atom stereocenters. The molecule has 0 spiro atoms. The molecule has 0 unspecified atom stereocenters. The Hall–Kier alpha value is -2.60.